The molecule has 8 nitrogen and oxygen atoms in total. The Balaban J connectivity index is 1.79. The molecular weight excluding hydrogens is 397 g/mol. The van der Waals surface area contributed by atoms with Gasteiger partial charge in [-0.1, -0.05) is 31.2 Å². The fourth-order valence-corrected chi connectivity index (χ4v) is 3.51. The Morgan fingerprint density at radius 1 is 1.16 bits per heavy atom. The number of aromatic nitrogens is 6. The number of rotatable bonds is 5. The number of hydrogen-bond donors (Lipinski definition) is 2. The van der Waals surface area contributed by atoms with E-state index in [1.807, 2.05) is 6.07 Å². The molecule has 0 bridgehead atoms. The summed E-state index contributed by atoms with van der Waals surface area (Å²) in [6.07, 6.45) is 3.06. The van der Waals surface area contributed by atoms with E-state index in [1.54, 1.807) is 37.3 Å². The van der Waals surface area contributed by atoms with Gasteiger partial charge in [0.05, 0.1) is 24.9 Å². The Labute approximate surface area is 177 Å². The van der Waals surface area contributed by atoms with Crippen LogP contribution in [0.4, 0.5) is 10.2 Å². The van der Waals surface area contributed by atoms with Crippen molar-refractivity contribution in [2.75, 3.05) is 5.32 Å². The number of halogens is 1. The molecular formula is C22H18FN7O. The van der Waals surface area contributed by atoms with Crippen LogP contribution in [0.25, 0.3) is 27.8 Å². The Kier molecular flexibility index (Phi) is 4.34. The molecule has 0 aliphatic rings. The maximum absolute atomic E-state index is 14.6. The molecule has 9 heteroatoms. The molecule has 0 saturated heterocycles. The van der Waals surface area contributed by atoms with Gasteiger partial charge < -0.3 is 10.3 Å². The Morgan fingerprint density at radius 3 is 2.81 bits per heavy atom. The number of benzene rings is 2. The molecule has 0 radical (unpaired) electrons. The maximum atomic E-state index is 14.6. The van der Waals surface area contributed by atoms with Gasteiger partial charge in [-0.15, -0.1) is 0 Å². The normalized spacial score (nSPS) is 13.8. The summed E-state index contributed by atoms with van der Waals surface area (Å²) < 4.78 is 25.1. The zero-order valence-corrected chi connectivity index (χ0v) is 16.5. The topological polar surface area (TPSA) is 101 Å². The molecule has 31 heavy (non-hydrogen) atoms. The quantitative estimate of drug-likeness (QED) is 0.452. The lowest BCUT2D eigenvalue weighted by Crippen LogP contribution is -2.28. The van der Waals surface area contributed by atoms with Crippen LogP contribution in [-0.2, 0) is 0 Å². The second-order valence-electron chi connectivity index (χ2n) is 6.83. The SMILES string of the molecule is [2H][C@@](CC)(Nc1ncnc2nc[nH]c12)c1nc2cccc(F)c2c(=O)n1-c1ccccc1. The fraction of sp³-hybridized carbons (Fsp3) is 0.136. The van der Waals surface area contributed by atoms with E-state index >= 15 is 0 Å². The molecule has 1 atom stereocenters. The molecule has 5 rings (SSSR count). The third-order valence-corrected chi connectivity index (χ3v) is 4.98. The predicted octanol–water partition coefficient (Wildman–Crippen LogP) is 3.75. The predicted molar refractivity (Wildman–Crippen MR) is 116 cm³/mol. The molecule has 3 aromatic heterocycles. The molecule has 5 aromatic rings. The van der Waals surface area contributed by atoms with Crippen LogP contribution in [0.3, 0.4) is 0 Å². The van der Waals surface area contributed by atoms with Crippen molar-refractivity contribution in [2.24, 2.45) is 0 Å². The van der Waals surface area contributed by atoms with E-state index in [4.69, 9.17) is 0 Å². The van der Waals surface area contributed by atoms with Gasteiger partial charge in [-0.25, -0.2) is 24.3 Å². The highest BCUT2D eigenvalue weighted by Gasteiger charge is 2.22. The molecule has 0 saturated carbocycles. The summed E-state index contributed by atoms with van der Waals surface area (Å²) in [6, 6.07) is 11.5. The van der Waals surface area contributed by atoms with Crippen molar-refractivity contribution in [3.63, 3.8) is 0 Å². The number of aromatic amines is 1. The molecule has 0 amide bonds. The van der Waals surface area contributed by atoms with E-state index < -0.39 is 17.4 Å². The molecule has 0 fully saturated rings. The van der Waals surface area contributed by atoms with E-state index in [-0.39, 0.29) is 23.1 Å². The lowest BCUT2D eigenvalue weighted by Gasteiger charge is -2.22. The first kappa shape index (κ1) is 17.7. The summed E-state index contributed by atoms with van der Waals surface area (Å²) in [6.45, 7) is 1.79. The minimum Gasteiger partial charge on any atom is -0.358 e. The number of anilines is 1. The largest absolute Gasteiger partial charge is 0.358 e. The first-order chi connectivity index (χ1) is 15.5. The minimum absolute atomic E-state index is 0.112. The first-order valence-electron chi connectivity index (χ1n) is 10.2. The number of hydrogen-bond acceptors (Lipinski definition) is 6. The third kappa shape index (κ3) is 3.20. The van der Waals surface area contributed by atoms with Crippen molar-refractivity contribution in [1.29, 1.82) is 0 Å². The Hall–Kier alpha value is -4.14. The number of imidazole rings is 1. The van der Waals surface area contributed by atoms with Crippen LogP contribution in [0.2, 0.25) is 0 Å². The molecule has 3 heterocycles. The molecule has 2 N–H and O–H groups in total. The highest BCUT2D eigenvalue weighted by atomic mass is 19.1. The zero-order chi connectivity index (χ0) is 22.3. The van der Waals surface area contributed by atoms with E-state index in [0.717, 1.165) is 0 Å². The van der Waals surface area contributed by atoms with Crippen LogP contribution in [0.15, 0.2) is 66.0 Å². The van der Waals surface area contributed by atoms with Crippen LogP contribution in [-0.4, -0.2) is 29.5 Å². The second-order valence-corrected chi connectivity index (χ2v) is 6.83. The Bertz CT molecular complexity index is 1500. The standard InChI is InChI=1S/C22H18FN7O/c1-2-15(28-20-18-19(25-11-24-18)26-12-27-20)21-29-16-10-6-9-14(23)17(16)22(31)30(21)13-7-4-3-5-8-13/h3-12,15H,2H2,1H3,(H2,24,25,26,27,28)/t15-/m0/s1/i15D. The highest BCUT2D eigenvalue weighted by Crippen LogP contribution is 2.26. The summed E-state index contributed by atoms with van der Waals surface area (Å²) in [4.78, 5) is 33.5. The summed E-state index contributed by atoms with van der Waals surface area (Å²) in [7, 11) is 0. The second kappa shape index (κ2) is 7.60. The van der Waals surface area contributed by atoms with Gasteiger partial charge in [0.1, 0.15) is 28.9 Å². The summed E-state index contributed by atoms with van der Waals surface area (Å²) in [5, 5.41) is 2.97. The Morgan fingerprint density at radius 2 is 2.00 bits per heavy atom. The average Bonchev–Trinajstić information content (AvgIpc) is 3.29. The molecule has 2 aromatic carbocycles. The zero-order valence-electron chi connectivity index (χ0n) is 17.5. The monoisotopic (exact) mass is 416 g/mol. The van der Waals surface area contributed by atoms with Crippen molar-refractivity contribution < 1.29 is 5.76 Å². The van der Waals surface area contributed by atoms with E-state index in [2.05, 4.69) is 30.2 Å². The third-order valence-electron chi connectivity index (χ3n) is 4.98. The molecule has 0 aliphatic carbocycles. The van der Waals surface area contributed by atoms with Crippen molar-refractivity contribution in [3.05, 3.63) is 83.2 Å². The minimum atomic E-state index is -1.58. The number of nitrogens with zero attached hydrogens (tertiary/aromatic N) is 5. The van der Waals surface area contributed by atoms with E-state index in [0.29, 0.717) is 22.7 Å². The molecule has 154 valence electrons. The lowest BCUT2D eigenvalue weighted by atomic mass is 10.1. The van der Waals surface area contributed by atoms with E-state index in [1.165, 1.54) is 29.4 Å². The van der Waals surface area contributed by atoms with Crippen LogP contribution in [0, 0.1) is 5.82 Å². The van der Waals surface area contributed by atoms with Crippen molar-refractivity contribution in [1.82, 2.24) is 29.5 Å². The van der Waals surface area contributed by atoms with Crippen LogP contribution in [0.5, 0.6) is 0 Å². The van der Waals surface area contributed by atoms with Gasteiger partial charge in [0.15, 0.2) is 11.5 Å². The number of H-pyrrole nitrogens is 1. The van der Waals surface area contributed by atoms with Crippen LogP contribution < -0.4 is 10.9 Å². The number of para-hydroxylation sites is 1. The van der Waals surface area contributed by atoms with Crippen molar-refractivity contribution >= 4 is 27.9 Å². The summed E-state index contributed by atoms with van der Waals surface area (Å²) in [5.74, 6) is -0.204. The fourth-order valence-electron chi connectivity index (χ4n) is 3.51. The number of fused-ring (bicyclic) bond motifs is 2. The first-order valence-corrected chi connectivity index (χ1v) is 9.71. The maximum Gasteiger partial charge on any atom is 0.269 e. The van der Waals surface area contributed by atoms with Gasteiger partial charge >= 0.3 is 0 Å². The van der Waals surface area contributed by atoms with Crippen LogP contribution >= 0.6 is 0 Å². The van der Waals surface area contributed by atoms with Gasteiger partial charge in [-0.3, -0.25) is 9.36 Å². The smallest absolute Gasteiger partial charge is 0.269 e. The molecule has 0 spiro atoms. The number of nitrogens with one attached hydrogen (secondary N) is 2. The summed E-state index contributed by atoms with van der Waals surface area (Å²) in [5.41, 5.74) is 1.04. The average molecular weight is 416 g/mol. The van der Waals surface area contributed by atoms with Gasteiger partial charge in [0, 0.05) is 0 Å². The molecule has 0 unspecified atom stereocenters. The van der Waals surface area contributed by atoms with Gasteiger partial charge in [-0.05, 0) is 30.7 Å². The van der Waals surface area contributed by atoms with Gasteiger partial charge in [0.25, 0.3) is 5.56 Å². The van der Waals surface area contributed by atoms with Gasteiger partial charge in [-0.2, -0.15) is 0 Å². The highest BCUT2D eigenvalue weighted by molar-refractivity contribution is 5.82. The molecule has 0 aliphatic heterocycles. The lowest BCUT2D eigenvalue weighted by molar-refractivity contribution is 0.630. The van der Waals surface area contributed by atoms with Gasteiger partial charge in [0.2, 0.25) is 0 Å². The summed E-state index contributed by atoms with van der Waals surface area (Å²) >= 11 is 0. The van der Waals surface area contributed by atoms with E-state index in [9.17, 15) is 10.6 Å². The van der Waals surface area contributed by atoms with Crippen molar-refractivity contribution in [2.45, 2.75) is 19.4 Å². The van der Waals surface area contributed by atoms with Crippen molar-refractivity contribution in [3.8, 4) is 5.69 Å². The van der Waals surface area contributed by atoms with Crippen LogP contribution in [0.1, 0.15) is 26.6 Å².